The third kappa shape index (κ3) is 2.90. The van der Waals surface area contributed by atoms with Crippen molar-refractivity contribution in [2.75, 3.05) is 31.1 Å². The summed E-state index contributed by atoms with van der Waals surface area (Å²) in [5.74, 6) is 1.47. The number of rotatable bonds is 6. The van der Waals surface area contributed by atoms with E-state index in [2.05, 4.69) is 34.0 Å². The number of aryl methyl sites for hydroxylation is 1. The molecule has 0 atom stereocenters. The number of aromatic nitrogens is 2. The van der Waals surface area contributed by atoms with Crippen LogP contribution in [0.5, 0.6) is 5.88 Å². The Hall–Kier alpha value is -1.36. The molecular weight excluding hydrogens is 228 g/mol. The molecule has 18 heavy (non-hydrogen) atoms. The van der Waals surface area contributed by atoms with Crippen LogP contribution in [-0.2, 0) is 0 Å². The molecule has 1 fully saturated rings. The van der Waals surface area contributed by atoms with Crippen molar-refractivity contribution in [2.45, 2.75) is 33.2 Å². The summed E-state index contributed by atoms with van der Waals surface area (Å²) in [4.78, 5) is 11.3. The Morgan fingerprint density at radius 3 is 2.72 bits per heavy atom. The first kappa shape index (κ1) is 13.1. The normalized spacial score (nSPS) is 15.3. The van der Waals surface area contributed by atoms with E-state index in [1.165, 1.54) is 0 Å². The quantitative estimate of drug-likeness (QED) is 0.826. The van der Waals surface area contributed by atoms with E-state index >= 15 is 0 Å². The fraction of sp³-hybridized carbons (Fsp3) is 0.692. The average molecular weight is 250 g/mol. The van der Waals surface area contributed by atoms with Gasteiger partial charge in [-0.2, -0.15) is 4.98 Å². The number of anilines is 1. The molecule has 100 valence electrons. The van der Waals surface area contributed by atoms with Crippen LogP contribution in [0.1, 0.15) is 26.0 Å². The highest BCUT2D eigenvalue weighted by Gasteiger charge is 2.25. The summed E-state index contributed by atoms with van der Waals surface area (Å²) >= 11 is 0. The highest BCUT2D eigenvalue weighted by Crippen LogP contribution is 2.18. The van der Waals surface area contributed by atoms with Gasteiger partial charge in [0.1, 0.15) is 0 Å². The van der Waals surface area contributed by atoms with Crippen LogP contribution >= 0.6 is 0 Å². The third-order valence-corrected chi connectivity index (χ3v) is 3.07. The van der Waals surface area contributed by atoms with E-state index in [0.717, 1.165) is 37.7 Å². The van der Waals surface area contributed by atoms with E-state index in [1.54, 1.807) is 0 Å². The molecule has 5 nitrogen and oxygen atoms in total. The molecule has 0 aromatic carbocycles. The second kappa shape index (κ2) is 6.00. The Morgan fingerprint density at radius 1 is 1.39 bits per heavy atom. The van der Waals surface area contributed by atoms with Crippen molar-refractivity contribution < 1.29 is 4.74 Å². The van der Waals surface area contributed by atoms with Gasteiger partial charge < -0.3 is 15.0 Å². The van der Waals surface area contributed by atoms with Crippen LogP contribution in [-0.4, -0.2) is 42.3 Å². The predicted molar refractivity (Wildman–Crippen MR) is 72.2 cm³/mol. The SMILES string of the molecule is CCCOc1cc(C)nc(N(CC)C2CNC2)n1. The molecule has 1 aromatic heterocycles. The zero-order valence-electron chi connectivity index (χ0n) is 11.4. The highest BCUT2D eigenvalue weighted by molar-refractivity contribution is 5.36. The van der Waals surface area contributed by atoms with E-state index in [0.29, 0.717) is 18.5 Å². The second-order valence-electron chi connectivity index (χ2n) is 4.59. The molecule has 2 rings (SSSR count). The van der Waals surface area contributed by atoms with Gasteiger partial charge in [0.25, 0.3) is 0 Å². The Labute approximate surface area is 109 Å². The maximum absolute atomic E-state index is 5.61. The number of nitrogens with zero attached hydrogens (tertiary/aromatic N) is 3. The number of hydrogen-bond acceptors (Lipinski definition) is 5. The van der Waals surface area contributed by atoms with Gasteiger partial charge in [-0.15, -0.1) is 0 Å². The summed E-state index contributed by atoms with van der Waals surface area (Å²) in [6.07, 6.45) is 0.989. The lowest BCUT2D eigenvalue weighted by atomic mass is 10.1. The van der Waals surface area contributed by atoms with E-state index in [9.17, 15) is 0 Å². The predicted octanol–water partition coefficient (Wildman–Crippen LogP) is 1.37. The van der Waals surface area contributed by atoms with Gasteiger partial charge in [-0.1, -0.05) is 6.92 Å². The van der Waals surface area contributed by atoms with Crippen molar-refractivity contribution in [1.82, 2.24) is 15.3 Å². The van der Waals surface area contributed by atoms with E-state index in [4.69, 9.17) is 4.74 Å². The molecule has 1 aromatic rings. The Kier molecular flexibility index (Phi) is 4.36. The Morgan fingerprint density at radius 2 is 2.17 bits per heavy atom. The van der Waals surface area contributed by atoms with Crippen LogP contribution in [0.2, 0.25) is 0 Å². The first-order chi connectivity index (χ1) is 8.74. The second-order valence-corrected chi connectivity index (χ2v) is 4.59. The minimum Gasteiger partial charge on any atom is -0.478 e. The number of ether oxygens (including phenoxy) is 1. The maximum Gasteiger partial charge on any atom is 0.229 e. The van der Waals surface area contributed by atoms with Crippen LogP contribution < -0.4 is 15.0 Å². The number of likely N-dealkylation sites (N-methyl/N-ethyl adjacent to an activating group) is 1. The van der Waals surface area contributed by atoms with Gasteiger partial charge in [-0.25, -0.2) is 4.98 Å². The molecule has 0 saturated carbocycles. The lowest BCUT2D eigenvalue weighted by Gasteiger charge is -2.37. The van der Waals surface area contributed by atoms with E-state index in [1.807, 2.05) is 13.0 Å². The van der Waals surface area contributed by atoms with E-state index < -0.39 is 0 Å². The van der Waals surface area contributed by atoms with Crippen molar-refractivity contribution in [2.24, 2.45) is 0 Å². The van der Waals surface area contributed by atoms with Crippen molar-refractivity contribution in [3.05, 3.63) is 11.8 Å². The minimum atomic E-state index is 0.510. The topological polar surface area (TPSA) is 50.3 Å². The molecule has 1 aliphatic heterocycles. The molecule has 1 saturated heterocycles. The number of nitrogens with one attached hydrogen (secondary N) is 1. The summed E-state index contributed by atoms with van der Waals surface area (Å²) in [5, 5.41) is 3.28. The maximum atomic E-state index is 5.61. The fourth-order valence-electron chi connectivity index (χ4n) is 1.99. The molecule has 1 aliphatic rings. The van der Waals surface area contributed by atoms with Crippen LogP contribution in [0.15, 0.2) is 6.07 Å². The average Bonchev–Trinajstić information content (AvgIpc) is 2.30. The molecule has 0 amide bonds. The molecule has 0 spiro atoms. The summed E-state index contributed by atoms with van der Waals surface area (Å²) in [6.45, 7) is 9.85. The Bertz CT molecular complexity index is 393. The van der Waals surface area contributed by atoms with Gasteiger partial charge in [0.15, 0.2) is 0 Å². The molecule has 0 unspecified atom stereocenters. The smallest absolute Gasteiger partial charge is 0.229 e. The van der Waals surface area contributed by atoms with Crippen LogP contribution in [0.4, 0.5) is 5.95 Å². The van der Waals surface area contributed by atoms with Crippen molar-refractivity contribution >= 4 is 5.95 Å². The largest absolute Gasteiger partial charge is 0.478 e. The zero-order chi connectivity index (χ0) is 13.0. The molecule has 0 bridgehead atoms. The number of hydrogen-bond donors (Lipinski definition) is 1. The van der Waals surface area contributed by atoms with Crippen LogP contribution in [0.25, 0.3) is 0 Å². The van der Waals surface area contributed by atoms with Gasteiger partial charge in [0.2, 0.25) is 11.8 Å². The van der Waals surface area contributed by atoms with Crippen molar-refractivity contribution in [3.63, 3.8) is 0 Å². The summed E-state index contributed by atoms with van der Waals surface area (Å²) in [5.41, 5.74) is 0.955. The molecule has 0 aliphatic carbocycles. The third-order valence-electron chi connectivity index (χ3n) is 3.07. The summed E-state index contributed by atoms with van der Waals surface area (Å²) < 4.78 is 5.61. The first-order valence-electron chi connectivity index (χ1n) is 6.70. The van der Waals surface area contributed by atoms with Crippen LogP contribution in [0, 0.1) is 6.92 Å². The van der Waals surface area contributed by atoms with Crippen LogP contribution in [0.3, 0.4) is 0 Å². The van der Waals surface area contributed by atoms with Gasteiger partial charge >= 0.3 is 0 Å². The Balaban J connectivity index is 2.16. The van der Waals surface area contributed by atoms with Crippen molar-refractivity contribution in [3.8, 4) is 5.88 Å². The van der Waals surface area contributed by atoms with Gasteiger partial charge in [0.05, 0.1) is 12.6 Å². The standard InChI is InChI=1S/C13H22N4O/c1-4-6-18-12-7-10(3)15-13(16-12)17(5-2)11-8-14-9-11/h7,11,14H,4-6,8-9H2,1-3H3. The van der Waals surface area contributed by atoms with Crippen molar-refractivity contribution in [1.29, 1.82) is 0 Å². The molecular formula is C13H22N4O. The molecule has 5 heteroatoms. The monoisotopic (exact) mass is 250 g/mol. The first-order valence-corrected chi connectivity index (χ1v) is 6.70. The van der Waals surface area contributed by atoms with Gasteiger partial charge in [-0.05, 0) is 20.3 Å². The summed E-state index contributed by atoms with van der Waals surface area (Å²) in [6, 6.07) is 2.40. The highest BCUT2D eigenvalue weighted by atomic mass is 16.5. The summed E-state index contributed by atoms with van der Waals surface area (Å²) in [7, 11) is 0. The lowest BCUT2D eigenvalue weighted by Crippen LogP contribution is -2.57. The minimum absolute atomic E-state index is 0.510. The molecule has 2 heterocycles. The van der Waals surface area contributed by atoms with Gasteiger partial charge in [-0.3, -0.25) is 0 Å². The van der Waals surface area contributed by atoms with E-state index in [-0.39, 0.29) is 0 Å². The lowest BCUT2D eigenvalue weighted by molar-refractivity contribution is 0.303. The zero-order valence-corrected chi connectivity index (χ0v) is 11.4. The fourth-order valence-corrected chi connectivity index (χ4v) is 1.99. The molecule has 1 N–H and O–H groups in total. The molecule has 0 radical (unpaired) electrons. The van der Waals surface area contributed by atoms with Gasteiger partial charge in [0, 0.05) is 31.4 Å².